The number of rotatable bonds is 3. The normalized spacial score (nSPS) is 40.7. The van der Waals surface area contributed by atoms with Gasteiger partial charge in [0.15, 0.2) is 8.32 Å². The van der Waals surface area contributed by atoms with E-state index in [2.05, 4.69) is 33.9 Å². The van der Waals surface area contributed by atoms with E-state index in [1.807, 2.05) is 6.92 Å². The maximum atomic E-state index is 10.3. The Morgan fingerprint density at radius 2 is 1.74 bits per heavy atom. The summed E-state index contributed by atoms with van der Waals surface area (Å²) in [5.41, 5.74) is -2.08. The molecular weight excluding hydrogens is 260 g/mol. The van der Waals surface area contributed by atoms with Crippen molar-refractivity contribution in [2.75, 3.05) is 6.61 Å². The van der Waals surface area contributed by atoms with Gasteiger partial charge in [0.2, 0.25) is 0 Å². The van der Waals surface area contributed by atoms with E-state index in [9.17, 15) is 10.2 Å². The smallest absolute Gasteiger partial charge is 0.192 e. The van der Waals surface area contributed by atoms with Crippen LogP contribution in [0.25, 0.3) is 0 Å². The fourth-order valence-corrected chi connectivity index (χ4v) is 3.16. The first kappa shape index (κ1) is 17.1. The molecule has 0 spiro atoms. The summed E-state index contributed by atoms with van der Waals surface area (Å²) < 4.78 is 11.9. The molecule has 1 fully saturated rings. The van der Waals surface area contributed by atoms with Gasteiger partial charge in [0.25, 0.3) is 0 Å². The van der Waals surface area contributed by atoms with Crippen LogP contribution in [0.2, 0.25) is 18.1 Å². The van der Waals surface area contributed by atoms with E-state index in [1.165, 1.54) is 0 Å². The lowest BCUT2D eigenvalue weighted by Crippen LogP contribution is -2.52. The van der Waals surface area contributed by atoms with Crippen LogP contribution in [0.5, 0.6) is 0 Å². The standard InChI is InChI=1S/C14H30O4Si/c1-10-14(6,16)11(15)13(5,18-10)9-17-19(7,8)12(2,3)4/h10-11,15-16H,9H2,1-8H3/t10-,11+,13+,14+/m1/s1. The molecule has 1 rings (SSSR count). The van der Waals surface area contributed by atoms with Gasteiger partial charge in [-0.05, 0) is 38.9 Å². The molecule has 0 aliphatic carbocycles. The van der Waals surface area contributed by atoms with Gasteiger partial charge in [-0.3, -0.25) is 0 Å². The zero-order chi connectivity index (χ0) is 15.3. The molecule has 1 aliphatic rings. The maximum Gasteiger partial charge on any atom is 0.192 e. The molecule has 1 aliphatic heterocycles. The first-order chi connectivity index (χ1) is 8.24. The van der Waals surface area contributed by atoms with E-state index in [1.54, 1.807) is 13.8 Å². The van der Waals surface area contributed by atoms with Crippen molar-refractivity contribution in [2.24, 2.45) is 0 Å². The van der Waals surface area contributed by atoms with E-state index in [-0.39, 0.29) is 5.04 Å². The number of hydrogen-bond acceptors (Lipinski definition) is 4. The van der Waals surface area contributed by atoms with E-state index < -0.39 is 31.7 Å². The van der Waals surface area contributed by atoms with Gasteiger partial charge in [-0.15, -0.1) is 0 Å². The van der Waals surface area contributed by atoms with Crippen molar-refractivity contribution < 1.29 is 19.4 Å². The third-order valence-corrected chi connectivity index (χ3v) is 9.41. The van der Waals surface area contributed by atoms with Gasteiger partial charge in [0.1, 0.15) is 17.3 Å². The summed E-state index contributed by atoms with van der Waals surface area (Å²) in [5, 5.41) is 20.7. The highest BCUT2D eigenvalue weighted by Crippen LogP contribution is 2.41. The molecule has 4 nitrogen and oxygen atoms in total. The number of aliphatic hydroxyl groups excluding tert-OH is 1. The highest BCUT2D eigenvalue weighted by molar-refractivity contribution is 6.74. The minimum absolute atomic E-state index is 0.112. The van der Waals surface area contributed by atoms with Crippen LogP contribution in [0.4, 0.5) is 0 Å². The Morgan fingerprint density at radius 3 is 2.05 bits per heavy atom. The molecule has 0 unspecified atom stereocenters. The van der Waals surface area contributed by atoms with E-state index >= 15 is 0 Å². The average Bonchev–Trinajstić information content (AvgIpc) is 2.37. The highest BCUT2D eigenvalue weighted by atomic mass is 28.4. The molecule has 1 heterocycles. The second kappa shape index (κ2) is 4.81. The van der Waals surface area contributed by atoms with Crippen molar-refractivity contribution in [3.63, 3.8) is 0 Å². The Balaban J connectivity index is 2.79. The molecular formula is C14H30O4Si. The van der Waals surface area contributed by atoms with Crippen molar-refractivity contribution >= 4 is 8.32 Å². The zero-order valence-electron chi connectivity index (χ0n) is 13.6. The summed E-state index contributed by atoms with van der Waals surface area (Å²) in [7, 11) is -1.89. The van der Waals surface area contributed by atoms with Gasteiger partial charge in [-0.1, -0.05) is 20.8 Å². The van der Waals surface area contributed by atoms with Crippen LogP contribution in [0, 0.1) is 0 Å². The Bertz CT molecular complexity index is 335. The van der Waals surface area contributed by atoms with Gasteiger partial charge in [0, 0.05) is 0 Å². The van der Waals surface area contributed by atoms with Crippen LogP contribution in [0.1, 0.15) is 41.5 Å². The van der Waals surface area contributed by atoms with Crippen LogP contribution in [0.15, 0.2) is 0 Å². The van der Waals surface area contributed by atoms with Gasteiger partial charge in [-0.25, -0.2) is 0 Å². The molecule has 5 heteroatoms. The van der Waals surface area contributed by atoms with E-state index in [0.717, 1.165) is 0 Å². The van der Waals surface area contributed by atoms with Crippen LogP contribution in [-0.2, 0) is 9.16 Å². The summed E-state index contributed by atoms with van der Waals surface area (Å²) in [6, 6.07) is 0. The van der Waals surface area contributed by atoms with Crippen molar-refractivity contribution in [1.29, 1.82) is 0 Å². The maximum absolute atomic E-state index is 10.3. The van der Waals surface area contributed by atoms with Crippen molar-refractivity contribution in [1.82, 2.24) is 0 Å². The summed E-state index contributed by atoms with van der Waals surface area (Å²) in [5.74, 6) is 0. The second-order valence-corrected chi connectivity index (χ2v) is 12.6. The lowest BCUT2D eigenvalue weighted by Gasteiger charge is -2.39. The molecule has 4 atom stereocenters. The molecule has 0 amide bonds. The zero-order valence-corrected chi connectivity index (χ0v) is 14.6. The lowest BCUT2D eigenvalue weighted by molar-refractivity contribution is -0.0939. The predicted molar refractivity (Wildman–Crippen MR) is 78.7 cm³/mol. The number of hydrogen-bond donors (Lipinski definition) is 2. The Morgan fingerprint density at radius 1 is 1.26 bits per heavy atom. The van der Waals surface area contributed by atoms with Crippen molar-refractivity contribution in [3.05, 3.63) is 0 Å². The molecule has 19 heavy (non-hydrogen) atoms. The number of ether oxygens (including phenoxy) is 1. The Hall–Kier alpha value is 0.0569. The number of aliphatic hydroxyl groups is 2. The summed E-state index contributed by atoms with van der Waals surface area (Å²) in [6.07, 6.45) is -1.35. The molecule has 2 N–H and O–H groups in total. The molecule has 0 saturated carbocycles. The summed E-state index contributed by atoms with van der Waals surface area (Å²) in [4.78, 5) is 0. The SMILES string of the molecule is C[C@H]1O[C@@](C)(CO[Si](C)(C)C(C)(C)C)[C@H](O)[C@@]1(C)O. The first-order valence-electron chi connectivity index (χ1n) is 6.96. The average molecular weight is 290 g/mol. The molecule has 0 radical (unpaired) electrons. The highest BCUT2D eigenvalue weighted by Gasteiger charge is 2.57. The fraction of sp³-hybridized carbons (Fsp3) is 1.00. The summed E-state index contributed by atoms with van der Waals surface area (Å²) in [6.45, 7) is 16.4. The van der Waals surface area contributed by atoms with E-state index in [0.29, 0.717) is 6.61 Å². The molecule has 114 valence electrons. The quantitative estimate of drug-likeness (QED) is 0.783. The van der Waals surface area contributed by atoms with Gasteiger partial charge >= 0.3 is 0 Å². The van der Waals surface area contributed by atoms with Crippen molar-refractivity contribution in [3.8, 4) is 0 Å². The Labute approximate surface area is 118 Å². The molecule has 0 aromatic rings. The van der Waals surface area contributed by atoms with Crippen molar-refractivity contribution in [2.45, 2.75) is 83.1 Å². The van der Waals surface area contributed by atoms with Gasteiger partial charge < -0.3 is 19.4 Å². The monoisotopic (exact) mass is 290 g/mol. The summed E-state index contributed by atoms with van der Waals surface area (Å²) >= 11 is 0. The Kier molecular flexibility index (Phi) is 4.33. The lowest BCUT2D eigenvalue weighted by atomic mass is 9.88. The molecule has 0 aromatic heterocycles. The van der Waals surface area contributed by atoms with Gasteiger partial charge in [0.05, 0.1) is 12.7 Å². The van der Waals surface area contributed by atoms with Gasteiger partial charge in [-0.2, -0.15) is 0 Å². The first-order valence-corrected chi connectivity index (χ1v) is 9.87. The predicted octanol–water partition coefficient (Wildman–Crippen LogP) is 2.30. The minimum atomic E-state index is -1.89. The third kappa shape index (κ3) is 3.05. The molecule has 0 bridgehead atoms. The third-order valence-electron chi connectivity index (χ3n) is 4.93. The topological polar surface area (TPSA) is 58.9 Å². The van der Waals surface area contributed by atoms with Crippen LogP contribution >= 0.6 is 0 Å². The molecule has 0 aromatic carbocycles. The van der Waals surface area contributed by atoms with Crippen LogP contribution in [0.3, 0.4) is 0 Å². The molecule has 1 saturated heterocycles. The van der Waals surface area contributed by atoms with Crippen LogP contribution < -0.4 is 0 Å². The second-order valence-electron chi connectivity index (χ2n) is 7.75. The largest absolute Gasteiger partial charge is 0.414 e. The fourth-order valence-electron chi connectivity index (χ4n) is 2.08. The van der Waals surface area contributed by atoms with E-state index in [4.69, 9.17) is 9.16 Å². The minimum Gasteiger partial charge on any atom is -0.414 e. The van der Waals surface area contributed by atoms with Crippen LogP contribution in [-0.4, -0.2) is 48.5 Å².